The van der Waals surface area contributed by atoms with Gasteiger partial charge in [-0.2, -0.15) is 0 Å². The zero-order chi connectivity index (χ0) is 5.86. The zero-order valence-electron chi connectivity index (χ0n) is 3.77. The van der Waals surface area contributed by atoms with Crippen molar-refractivity contribution < 1.29 is 0 Å². The molecule has 0 amide bonds. The van der Waals surface area contributed by atoms with Crippen molar-refractivity contribution in [2.24, 2.45) is 11.5 Å². The van der Waals surface area contributed by atoms with Crippen molar-refractivity contribution in [2.45, 2.75) is 17.4 Å². The van der Waals surface area contributed by atoms with Gasteiger partial charge in [0.2, 0.25) is 0 Å². The van der Waals surface area contributed by atoms with Crippen LogP contribution in [0.5, 0.6) is 0 Å². The van der Waals surface area contributed by atoms with Crippen LogP contribution in [0.2, 0.25) is 0 Å². The van der Waals surface area contributed by atoms with Crippen molar-refractivity contribution in [1.82, 2.24) is 0 Å². The lowest BCUT2D eigenvalue weighted by molar-refractivity contribution is 0.743. The summed E-state index contributed by atoms with van der Waals surface area (Å²) < 4.78 is 0. The highest BCUT2D eigenvalue weighted by molar-refractivity contribution is 6.23. The molecule has 0 aromatic heterocycles. The SMILES string of the molecule is NC(Cl)CC(N)Cl. The van der Waals surface area contributed by atoms with E-state index < -0.39 is 11.0 Å². The number of rotatable bonds is 2. The predicted octanol–water partition coefficient (Wildman–Crippen LogP) is 0.424. The van der Waals surface area contributed by atoms with Gasteiger partial charge in [-0.25, -0.2) is 0 Å². The number of alkyl halides is 2. The van der Waals surface area contributed by atoms with Crippen LogP contribution >= 0.6 is 23.2 Å². The summed E-state index contributed by atoms with van der Waals surface area (Å²) in [5, 5.41) is 0. The molecule has 0 saturated carbocycles. The third-order valence-corrected chi connectivity index (χ3v) is 0.807. The molecule has 4 heteroatoms. The van der Waals surface area contributed by atoms with Gasteiger partial charge in [-0.15, -0.1) is 23.2 Å². The van der Waals surface area contributed by atoms with E-state index in [0.717, 1.165) is 0 Å². The summed E-state index contributed by atoms with van der Waals surface area (Å²) in [5.41, 5.74) is 9.37. The minimum absolute atomic E-state index is 0.410. The van der Waals surface area contributed by atoms with E-state index in [1.165, 1.54) is 0 Å². The van der Waals surface area contributed by atoms with Gasteiger partial charge in [-0.3, -0.25) is 0 Å². The molecular weight excluding hydrogens is 135 g/mol. The molecule has 0 aliphatic heterocycles. The molecule has 0 radical (unpaired) electrons. The molecule has 0 aliphatic rings. The first-order valence-electron chi connectivity index (χ1n) is 1.92. The lowest BCUT2D eigenvalue weighted by Gasteiger charge is -2.02. The van der Waals surface area contributed by atoms with Gasteiger partial charge < -0.3 is 11.5 Å². The number of halogens is 2. The van der Waals surface area contributed by atoms with Gasteiger partial charge in [0.15, 0.2) is 0 Å². The van der Waals surface area contributed by atoms with Crippen molar-refractivity contribution in [3.63, 3.8) is 0 Å². The van der Waals surface area contributed by atoms with Gasteiger partial charge in [0.05, 0.1) is 11.0 Å². The van der Waals surface area contributed by atoms with Crippen LogP contribution in [0.4, 0.5) is 0 Å². The largest absolute Gasteiger partial charge is 0.315 e. The molecule has 0 aliphatic carbocycles. The summed E-state index contributed by atoms with van der Waals surface area (Å²) in [4.78, 5) is 0. The van der Waals surface area contributed by atoms with Gasteiger partial charge >= 0.3 is 0 Å². The summed E-state index contributed by atoms with van der Waals surface area (Å²) in [6.07, 6.45) is 0.448. The lowest BCUT2D eigenvalue weighted by Crippen LogP contribution is -2.22. The van der Waals surface area contributed by atoms with E-state index >= 15 is 0 Å². The molecule has 2 unspecified atom stereocenters. The molecule has 0 rings (SSSR count). The van der Waals surface area contributed by atoms with Gasteiger partial charge in [-0.1, -0.05) is 0 Å². The Balaban J connectivity index is 2.95. The Morgan fingerprint density at radius 1 is 1.14 bits per heavy atom. The second-order valence-electron chi connectivity index (χ2n) is 1.27. The maximum absolute atomic E-state index is 5.29. The molecule has 44 valence electrons. The second-order valence-corrected chi connectivity index (χ2v) is 2.39. The zero-order valence-corrected chi connectivity index (χ0v) is 5.28. The highest BCUT2D eigenvalue weighted by Crippen LogP contribution is 1.99. The average Bonchev–Trinajstić information content (AvgIpc) is 1.27. The van der Waals surface area contributed by atoms with E-state index in [2.05, 4.69) is 0 Å². The number of hydrogen-bond acceptors (Lipinski definition) is 2. The molecule has 4 N–H and O–H groups in total. The fourth-order valence-electron chi connectivity index (χ4n) is 0.215. The highest BCUT2D eigenvalue weighted by Gasteiger charge is 2.00. The maximum atomic E-state index is 5.29. The van der Waals surface area contributed by atoms with Crippen LogP contribution in [0.15, 0.2) is 0 Å². The first-order chi connectivity index (χ1) is 3.13. The molecule has 0 aromatic rings. The third-order valence-electron chi connectivity index (χ3n) is 0.450. The Bertz CT molecular complexity index is 40.2. The van der Waals surface area contributed by atoms with Gasteiger partial charge in [-0.05, 0) is 0 Å². The molecule has 7 heavy (non-hydrogen) atoms. The topological polar surface area (TPSA) is 52.0 Å². The maximum Gasteiger partial charge on any atom is 0.0827 e. The van der Waals surface area contributed by atoms with Crippen LogP contribution in [0, 0.1) is 0 Å². The van der Waals surface area contributed by atoms with Crippen LogP contribution < -0.4 is 11.5 Å². The lowest BCUT2D eigenvalue weighted by atomic mass is 10.4. The Labute approximate surface area is 52.8 Å². The molecule has 0 aromatic carbocycles. The van der Waals surface area contributed by atoms with E-state index in [1.807, 2.05) is 0 Å². The minimum Gasteiger partial charge on any atom is -0.315 e. The summed E-state index contributed by atoms with van der Waals surface area (Å²) >= 11 is 10.6. The molecule has 0 fully saturated rings. The molecular formula is C3H8Cl2N2. The van der Waals surface area contributed by atoms with Crippen LogP contribution in [0.25, 0.3) is 0 Å². The monoisotopic (exact) mass is 142 g/mol. The van der Waals surface area contributed by atoms with Crippen molar-refractivity contribution >= 4 is 23.2 Å². The minimum atomic E-state index is -0.410. The van der Waals surface area contributed by atoms with E-state index in [1.54, 1.807) is 0 Å². The molecule has 0 spiro atoms. The number of hydrogen-bond donors (Lipinski definition) is 2. The Hall–Kier alpha value is 0.500. The third kappa shape index (κ3) is 6.50. The normalized spacial score (nSPS) is 18.9. The smallest absolute Gasteiger partial charge is 0.0827 e. The molecule has 0 saturated heterocycles. The summed E-state index contributed by atoms with van der Waals surface area (Å²) in [5.74, 6) is 0. The molecule has 2 atom stereocenters. The van der Waals surface area contributed by atoms with Gasteiger partial charge in [0.25, 0.3) is 0 Å². The summed E-state index contributed by atoms with van der Waals surface area (Å²) in [7, 11) is 0. The average molecular weight is 143 g/mol. The van der Waals surface area contributed by atoms with Crippen molar-refractivity contribution in [3.8, 4) is 0 Å². The summed E-state index contributed by atoms with van der Waals surface area (Å²) in [6, 6.07) is 0. The van der Waals surface area contributed by atoms with Crippen LogP contribution in [0.3, 0.4) is 0 Å². The number of nitrogens with two attached hydrogens (primary N) is 2. The first-order valence-corrected chi connectivity index (χ1v) is 2.79. The van der Waals surface area contributed by atoms with Crippen molar-refractivity contribution in [2.75, 3.05) is 0 Å². The Kier molecular flexibility index (Phi) is 3.75. The van der Waals surface area contributed by atoms with E-state index in [-0.39, 0.29) is 0 Å². The molecule has 2 nitrogen and oxygen atoms in total. The molecule has 0 bridgehead atoms. The summed E-state index contributed by atoms with van der Waals surface area (Å²) in [6.45, 7) is 0. The standard InChI is InChI=1S/C3H8Cl2N2/c4-2(6)1-3(5)7/h2-3H,1,6-7H2. The van der Waals surface area contributed by atoms with Crippen LogP contribution in [-0.2, 0) is 0 Å². The Morgan fingerprint density at radius 2 is 1.43 bits per heavy atom. The molecule has 0 heterocycles. The van der Waals surface area contributed by atoms with Crippen LogP contribution in [0.1, 0.15) is 6.42 Å². The fraction of sp³-hybridized carbons (Fsp3) is 1.00. The van der Waals surface area contributed by atoms with Crippen LogP contribution in [-0.4, -0.2) is 11.0 Å². The van der Waals surface area contributed by atoms with Gasteiger partial charge in [0.1, 0.15) is 0 Å². The fourth-order valence-corrected chi connectivity index (χ4v) is 0.690. The highest BCUT2D eigenvalue weighted by atomic mass is 35.5. The predicted molar refractivity (Wildman–Crippen MR) is 32.3 cm³/mol. The van der Waals surface area contributed by atoms with Gasteiger partial charge in [0, 0.05) is 6.42 Å². The van der Waals surface area contributed by atoms with E-state index in [4.69, 9.17) is 34.7 Å². The van der Waals surface area contributed by atoms with E-state index in [0.29, 0.717) is 6.42 Å². The quantitative estimate of drug-likeness (QED) is 0.434. The van der Waals surface area contributed by atoms with Crippen molar-refractivity contribution in [3.05, 3.63) is 0 Å². The van der Waals surface area contributed by atoms with Crippen molar-refractivity contribution in [1.29, 1.82) is 0 Å². The second kappa shape index (κ2) is 3.50. The Morgan fingerprint density at radius 3 is 1.43 bits per heavy atom. The van der Waals surface area contributed by atoms with E-state index in [9.17, 15) is 0 Å². The first kappa shape index (κ1) is 7.50.